The lowest BCUT2D eigenvalue weighted by Gasteiger charge is -2.18. The van der Waals surface area contributed by atoms with Crippen LogP contribution < -0.4 is 5.32 Å². The van der Waals surface area contributed by atoms with Crippen molar-refractivity contribution in [2.75, 3.05) is 11.6 Å². The Morgan fingerprint density at radius 2 is 1.75 bits per heavy atom. The number of nitrogens with zero attached hydrogens (tertiary/aromatic N) is 2. The van der Waals surface area contributed by atoms with E-state index in [1.807, 2.05) is 0 Å². The summed E-state index contributed by atoms with van der Waals surface area (Å²) in [6, 6.07) is 4.68. The fourth-order valence-electron chi connectivity index (χ4n) is 2.81. The van der Waals surface area contributed by atoms with E-state index in [-0.39, 0.29) is 27.9 Å². The Labute approximate surface area is 160 Å². The number of aromatic nitrogens is 3. The number of rotatable bonds is 5. The standard InChI is InChI=1S/C18H18F3N5OS/c1-9-14(21)4-5-15(23-9)25-16(11-6-12(19)8-13(20)7-11)17-24-10(2)18(26-17)28(3,22)27/h4-8,16,22H,1-3H3,(H,23,25)(H,24,26)/t16?,28-/m1/s1. The van der Waals surface area contributed by atoms with Crippen molar-refractivity contribution in [3.63, 3.8) is 0 Å². The summed E-state index contributed by atoms with van der Waals surface area (Å²) in [7, 11) is -3.11. The topological polar surface area (TPSA) is 94.5 Å². The monoisotopic (exact) mass is 409 g/mol. The van der Waals surface area contributed by atoms with Crippen LogP contribution in [0.1, 0.15) is 28.8 Å². The molecule has 0 aliphatic carbocycles. The Kier molecular flexibility index (Phi) is 5.16. The number of aromatic amines is 1. The van der Waals surface area contributed by atoms with Crippen LogP contribution in [0.3, 0.4) is 0 Å². The molecule has 0 aliphatic heterocycles. The normalized spacial score (nSPS) is 14.5. The van der Waals surface area contributed by atoms with E-state index in [4.69, 9.17) is 4.78 Å². The van der Waals surface area contributed by atoms with Crippen LogP contribution >= 0.6 is 0 Å². The first-order chi connectivity index (χ1) is 13.0. The number of imidazole rings is 1. The highest BCUT2D eigenvalue weighted by Gasteiger charge is 2.23. The van der Waals surface area contributed by atoms with Crippen molar-refractivity contribution in [3.05, 3.63) is 70.6 Å². The second-order valence-corrected chi connectivity index (χ2v) is 8.51. The molecule has 1 unspecified atom stereocenters. The van der Waals surface area contributed by atoms with Crippen LogP contribution in [0.25, 0.3) is 0 Å². The third kappa shape index (κ3) is 4.16. The second kappa shape index (κ2) is 7.27. The molecule has 2 atom stereocenters. The van der Waals surface area contributed by atoms with Gasteiger partial charge in [0, 0.05) is 18.0 Å². The van der Waals surface area contributed by atoms with E-state index in [0.29, 0.717) is 5.69 Å². The van der Waals surface area contributed by atoms with E-state index in [2.05, 4.69) is 20.3 Å². The molecule has 3 aromatic rings. The van der Waals surface area contributed by atoms with Crippen molar-refractivity contribution in [1.82, 2.24) is 15.0 Å². The van der Waals surface area contributed by atoms with Crippen molar-refractivity contribution >= 4 is 15.5 Å². The molecule has 1 aromatic carbocycles. The molecule has 0 saturated heterocycles. The predicted octanol–water partition coefficient (Wildman–Crippen LogP) is 4.08. The highest BCUT2D eigenvalue weighted by atomic mass is 32.2. The molecule has 3 N–H and O–H groups in total. The maximum absolute atomic E-state index is 13.8. The molecule has 0 spiro atoms. The van der Waals surface area contributed by atoms with Crippen LogP contribution in [0.5, 0.6) is 0 Å². The van der Waals surface area contributed by atoms with Crippen LogP contribution in [0, 0.1) is 36.1 Å². The SMILES string of the molecule is Cc1nc(NC(c2cc(F)cc(F)c2)c2nc([S@](C)(=N)=O)c(C)[nH]2)ccc1F. The average molecular weight is 409 g/mol. The van der Waals surface area contributed by atoms with Gasteiger partial charge in [-0.05, 0) is 43.7 Å². The zero-order valence-electron chi connectivity index (χ0n) is 15.3. The third-order valence-electron chi connectivity index (χ3n) is 4.03. The first-order valence-corrected chi connectivity index (χ1v) is 10.2. The number of nitrogens with one attached hydrogen (secondary N) is 3. The number of benzene rings is 1. The van der Waals surface area contributed by atoms with Gasteiger partial charge in [-0.1, -0.05) is 0 Å². The minimum Gasteiger partial charge on any atom is -0.356 e. The molecule has 2 heterocycles. The number of pyridine rings is 1. The molecule has 6 nitrogen and oxygen atoms in total. The van der Waals surface area contributed by atoms with Crippen molar-refractivity contribution in [2.24, 2.45) is 0 Å². The Hall–Kier alpha value is -2.88. The number of aryl methyl sites for hydroxylation is 2. The van der Waals surface area contributed by atoms with E-state index in [1.54, 1.807) is 6.92 Å². The summed E-state index contributed by atoms with van der Waals surface area (Å²) in [6.07, 6.45) is 1.23. The van der Waals surface area contributed by atoms with Crippen LogP contribution in [0.4, 0.5) is 19.0 Å². The smallest absolute Gasteiger partial charge is 0.156 e. The lowest BCUT2D eigenvalue weighted by atomic mass is 10.1. The maximum atomic E-state index is 13.8. The lowest BCUT2D eigenvalue weighted by molar-refractivity contribution is 0.577. The van der Waals surface area contributed by atoms with Crippen LogP contribution in [-0.2, 0) is 9.73 Å². The van der Waals surface area contributed by atoms with Gasteiger partial charge in [-0.3, -0.25) is 0 Å². The molecule has 0 aliphatic rings. The predicted molar refractivity (Wildman–Crippen MR) is 99.1 cm³/mol. The van der Waals surface area contributed by atoms with Gasteiger partial charge in [-0.15, -0.1) is 0 Å². The summed E-state index contributed by atoms with van der Waals surface area (Å²) in [5.41, 5.74) is 0.742. The third-order valence-corrected chi connectivity index (χ3v) is 5.17. The minimum atomic E-state index is -3.11. The highest BCUT2D eigenvalue weighted by molar-refractivity contribution is 7.91. The molecule has 0 radical (unpaired) electrons. The van der Waals surface area contributed by atoms with Gasteiger partial charge >= 0.3 is 0 Å². The van der Waals surface area contributed by atoms with E-state index < -0.39 is 33.2 Å². The summed E-state index contributed by atoms with van der Waals surface area (Å²) < 4.78 is 61.0. The van der Waals surface area contributed by atoms with Gasteiger partial charge in [0.2, 0.25) is 0 Å². The van der Waals surface area contributed by atoms with Crippen LogP contribution in [0.2, 0.25) is 0 Å². The molecule has 0 saturated carbocycles. The Morgan fingerprint density at radius 3 is 2.29 bits per heavy atom. The summed E-state index contributed by atoms with van der Waals surface area (Å²) in [6.45, 7) is 3.09. The van der Waals surface area contributed by atoms with Gasteiger partial charge in [0.1, 0.15) is 35.1 Å². The number of hydrogen-bond donors (Lipinski definition) is 3. The lowest BCUT2D eigenvalue weighted by Crippen LogP contribution is -2.16. The molecule has 28 heavy (non-hydrogen) atoms. The fourth-order valence-corrected chi connectivity index (χ4v) is 3.71. The van der Waals surface area contributed by atoms with Gasteiger partial charge in [-0.25, -0.2) is 32.1 Å². The first-order valence-electron chi connectivity index (χ1n) is 8.20. The van der Waals surface area contributed by atoms with Gasteiger partial charge in [0.05, 0.1) is 15.4 Å². The molecular formula is C18H18F3N5OS. The Morgan fingerprint density at radius 1 is 1.11 bits per heavy atom. The largest absolute Gasteiger partial charge is 0.356 e. The van der Waals surface area contributed by atoms with Crippen molar-refractivity contribution in [3.8, 4) is 0 Å². The number of hydrogen-bond acceptors (Lipinski definition) is 5. The number of anilines is 1. The maximum Gasteiger partial charge on any atom is 0.156 e. The van der Waals surface area contributed by atoms with Gasteiger partial charge in [0.25, 0.3) is 0 Å². The fraction of sp³-hybridized carbons (Fsp3) is 0.222. The van der Waals surface area contributed by atoms with Crippen LogP contribution in [0.15, 0.2) is 35.4 Å². The molecule has 148 valence electrons. The summed E-state index contributed by atoms with van der Waals surface area (Å²) in [5.74, 6) is -1.60. The van der Waals surface area contributed by atoms with Crippen molar-refractivity contribution in [2.45, 2.75) is 24.9 Å². The molecule has 0 amide bonds. The zero-order chi connectivity index (χ0) is 20.6. The summed E-state index contributed by atoms with van der Waals surface area (Å²) in [5, 5.41) is 3.02. The molecule has 0 bridgehead atoms. The zero-order valence-corrected chi connectivity index (χ0v) is 16.1. The van der Waals surface area contributed by atoms with Gasteiger partial charge in [0.15, 0.2) is 5.03 Å². The molecule has 2 aromatic heterocycles. The minimum absolute atomic E-state index is 0.0504. The first kappa shape index (κ1) is 19.9. The molecule has 10 heteroatoms. The average Bonchev–Trinajstić information content (AvgIpc) is 2.96. The summed E-state index contributed by atoms with van der Waals surface area (Å²) >= 11 is 0. The van der Waals surface area contributed by atoms with E-state index in [9.17, 15) is 17.4 Å². The Bertz CT molecular complexity index is 1120. The number of H-pyrrole nitrogens is 1. The molecular weight excluding hydrogens is 391 g/mol. The van der Waals surface area contributed by atoms with Gasteiger partial charge < -0.3 is 10.3 Å². The number of halogens is 3. The quantitative estimate of drug-likeness (QED) is 0.592. The van der Waals surface area contributed by atoms with E-state index in [1.165, 1.54) is 25.3 Å². The van der Waals surface area contributed by atoms with Crippen LogP contribution in [-0.4, -0.2) is 25.4 Å². The van der Waals surface area contributed by atoms with Crippen molar-refractivity contribution in [1.29, 1.82) is 4.78 Å². The highest BCUT2D eigenvalue weighted by Crippen LogP contribution is 2.28. The Balaban J connectivity index is 2.12. The summed E-state index contributed by atoms with van der Waals surface area (Å²) in [4.78, 5) is 11.2. The molecule has 3 rings (SSSR count). The van der Waals surface area contributed by atoms with Gasteiger partial charge in [-0.2, -0.15) is 0 Å². The van der Waals surface area contributed by atoms with Crippen molar-refractivity contribution < 1.29 is 17.4 Å². The van der Waals surface area contributed by atoms with E-state index >= 15 is 0 Å². The van der Waals surface area contributed by atoms with E-state index in [0.717, 1.165) is 18.2 Å². The second-order valence-electron chi connectivity index (χ2n) is 6.44. The molecule has 0 fully saturated rings.